The highest BCUT2D eigenvalue weighted by Gasteiger charge is 2.36. The van der Waals surface area contributed by atoms with Crippen molar-refractivity contribution in [1.29, 1.82) is 0 Å². The third-order valence-electron chi connectivity index (χ3n) is 4.38. The van der Waals surface area contributed by atoms with Gasteiger partial charge >= 0.3 is 0 Å². The molecule has 0 heterocycles. The quantitative estimate of drug-likeness (QED) is 0.524. The Hall–Kier alpha value is -2.08. The summed E-state index contributed by atoms with van der Waals surface area (Å²) < 4.78 is 0. The molecule has 1 aliphatic carbocycles. The lowest BCUT2D eigenvalue weighted by atomic mass is 9.80. The Bertz CT molecular complexity index is 794. The molecule has 3 aromatic rings. The van der Waals surface area contributed by atoms with Crippen LogP contribution < -0.4 is 0 Å². The predicted molar refractivity (Wildman–Crippen MR) is 80.3 cm³/mol. The van der Waals surface area contributed by atoms with Crippen molar-refractivity contribution in [3.05, 3.63) is 71.8 Å². The Morgan fingerprint density at radius 3 is 2.63 bits per heavy atom. The van der Waals surface area contributed by atoms with E-state index >= 15 is 0 Å². The van der Waals surface area contributed by atoms with E-state index in [1.165, 1.54) is 33.0 Å². The molecule has 3 aromatic carbocycles. The maximum atomic E-state index is 3.22. The second kappa shape index (κ2) is 3.48. The van der Waals surface area contributed by atoms with Gasteiger partial charge in [0.05, 0.1) is 0 Å². The Labute approximate surface area is 113 Å². The summed E-state index contributed by atoms with van der Waals surface area (Å²) in [6.07, 6.45) is 0. The van der Waals surface area contributed by atoms with Crippen LogP contribution in [-0.4, -0.2) is 0 Å². The molecule has 1 radical (unpaired) electrons. The predicted octanol–water partition coefficient (Wildman–Crippen LogP) is 4.95. The summed E-state index contributed by atoms with van der Waals surface area (Å²) in [4.78, 5) is 0. The van der Waals surface area contributed by atoms with Gasteiger partial charge in [0, 0.05) is 5.41 Å². The maximum Gasteiger partial charge on any atom is 0.0165 e. The van der Waals surface area contributed by atoms with Gasteiger partial charge in [-0.05, 0) is 45.2 Å². The van der Waals surface area contributed by atoms with Gasteiger partial charge in [-0.1, -0.05) is 62.4 Å². The van der Waals surface area contributed by atoms with Crippen LogP contribution in [0.1, 0.15) is 25.0 Å². The van der Waals surface area contributed by atoms with Crippen LogP contribution in [0.4, 0.5) is 0 Å². The molecule has 0 bridgehead atoms. The highest BCUT2D eigenvalue weighted by atomic mass is 14.4. The first-order valence-corrected chi connectivity index (χ1v) is 6.73. The van der Waals surface area contributed by atoms with Gasteiger partial charge in [-0.25, -0.2) is 0 Å². The summed E-state index contributed by atoms with van der Waals surface area (Å²) >= 11 is 0. The summed E-state index contributed by atoms with van der Waals surface area (Å²) in [7, 11) is 0. The lowest BCUT2D eigenvalue weighted by molar-refractivity contribution is 0.666. The molecule has 4 rings (SSSR count). The number of hydrogen-bond donors (Lipinski definition) is 0. The second-order valence-corrected chi connectivity index (χ2v) is 5.81. The third-order valence-corrected chi connectivity index (χ3v) is 4.38. The molecular weight excluding hydrogens is 228 g/mol. The average molecular weight is 243 g/mol. The van der Waals surface area contributed by atoms with Crippen LogP contribution >= 0.6 is 0 Å². The first-order valence-electron chi connectivity index (χ1n) is 6.73. The normalized spacial score (nSPS) is 15.3. The van der Waals surface area contributed by atoms with Gasteiger partial charge in [-0.15, -0.1) is 0 Å². The van der Waals surface area contributed by atoms with Crippen molar-refractivity contribution in [2.75, 3.05) is 0 Å². The van der Waals surface area contributed by atoms with E-state index in [0.717, 1.165) is 0 Å². The van der Waals surface area contributed by atoms with Crippen LogP contribution in [0.3, 0.4) is 0 Å². The Kier molecular flexibility index (Phi) is 1.98. The first-order chi connectivity index (χ1) is 9.19. The summed E-state index contributed by atoms with van der Waals surface area (Å²) in [6.45, 7) is 4.65. The molecule has 0 saturated carbocycles. The van der Waals surface area contributed by atoms with Crippen molar-refractivity contribution in [3.8, 4) is 11.1 Å². The van der Waals surface area contributed by atoms with Crippen LogP contribution in [0, 0.1) is 6.07 Å². The lowest BCUT2D eigenvalue weighted by Gasteiger charge is -2.23. The highest BCUT2D eigenvalue weighted by Crippen LogP contribution is 2.50. The molecule has 0 aliphatic heterocycles. The lowest BCUT2D eigenvalue weighted by Crippen LogP contribution is -2.15. The van der Waals surface area contributed by atoms with Gasteiger partial charge in [0.1, 0.15) is 0 Å². The van der Waals surface area contributed by atoms with E-state index in [0.29, 0.717) is 0 Å². The molecule has 0 saturated heterocycles. The zero-order valence-corrected chi connectivity index (χ0v) is 11.2. The molecular formula is C19H15. The van der Waals surface area contributed by atoms with Crippen molar-refractivity contribution in [1.82, 2.24) is 0 Å². The van der Waals surface area contributed by atoms with E-state index in [4.69, 9.17) is 0 Å². The molecule has 0 spiro atoms. The molecule has 91 valence electrons. The zero-order chi connectivity index (χ0) is 13.0. The molecule has 0 nitrogen and oxygen atoms in total. The molecule has 0 fully saturated rings. The van der Waals surface area contributed by atoms with Gasteiger partial charge < -0.3 is 0 Å². The van der Waals surface area contributed by atoms with Crippen molar-refractivity contribution in [2.24, 2.45) is 0 Å². The molecule has 19 heavy (non-hydrogen) atoms. The summed E-state index contributed by atoms with van der Waals surface area (Å²) in [6, 6.07) is 22.7. The van der Waals surface area contributed by atoms with Gasteiger partial charge in [0.2, 0.25) is 0 Å². The fourth-order valence-electron chi connectivity index (χ4n) is 3.50. The fourth-order valence-corrected chi connectivity index (χ4v) is 3.50. The Morgan fingerprint density at radius 1 is 0.895 bits per heavy atom. The molecule has 0 atom stereocenters. The van der Waals surface area contributed by atoms with E-state index in [1.54, 1.807) is 0 Å². The van der Waals surface area contributed by atoms with Gasteiger partial charge in [0.25, 0.3) is 0 Å². The van der Waals surface area contributed by atoms with E-state index in [-0.39, 0.29) is 5.41 Å². The first kappa shape index (κ1) is 10.8. The minimum Gasteiger partial charge on any atom is -0.0616 e. The largest absolute Gasteiger partial charge is 0.0616 e. The minimum atomic E-state index is 0.0701. The van der Waals surface area contributed by atoms with Crippen LogP contribution in [0.25, 0.3) is 21.9 Å². The minimum absolute atomic E-state index is 0.0701. The monoisotopic (exact) mass is 243 g/mol. The number of benzene rings is 3. The fraction of sp³-hybridized carbons (Fsp3) is 0.158. The smallest absolute Gasteiger partial charge is 0.0165 e. The van der Waals surface area contributed by atoms with Crippen molar-refractivity contribution in [3.63, 3.8) is 0 Å². The van der Waals surface area contributed by atoms with E-state index in [9.17, 15) is 0 Å². The summed E-state index contributed by atoms with van der Waals surface area (Å²) in [5.74, 6) is 0. The van der Waals surface area contributed by atoms with E-state index in [1.807, 2.05) is 6.07 Å². The van der Waals surface area contributed by atoms with E-state index in [2.05, 4.69) is 68.4 Å². The standard InChI is InChI=1S/C19H15/c1-19(2)17-10-6-5-9-15(17)16-12-11-13-7-3-4-8-14(13)18(16)19/h3-4,6-12H,1-2H3. The van der Waals surface area contributed by atoms with Crippen LogP contribution in [0.5, 0.6) is 0 Å². The molecule has 0 heteroatoms. The molecule has 1 aliphatic rings. The van der Waals surface area contributed by atoms with Gasteiger partial charge in [-0.2, -0.15) is 0 Å². The Balaban J connectivity index is 2.20. The zero-order valence-electron chi connectivity index (χ0n) is 11.2. The van der Waals surface area contributed by atoms with Crippen LogP contribution in [0.15, 0.2) is 54.6 Å². The van der Waals surface area contributed by atoms with Gasteiger partial charge in [-0.3, -0.25) is 0 Å². The van der Waals surface area contributed by atoms with Gasteiger partial charge in [0.15, 0.2) is 0 Å². The molecule has 0 N–H and O–H groups in total. The number of rotatable bonds is 0. The molecule has 0 unspecified atom stereocenters. The highest BCUT2D eigenvalue weighted by molar-refractivity contribution is 5.97. The van der Waals surface area contributed by atoms with Crippen LogP contribution in [0.2, 0.25) is 0 Å². The third kappa shape index (κ3) is 1.29. The molecule has 0 amide bonds. The number of hydrogen-bond acceptors (Lipinski definition) is 0. The molecule has 0 aromatic heterocycles. The SMILES string of the molecule is CC1(C)c2cc[c]cc2-c2ccc3ccccc3c21. The average Bonchev–Trinajstić information content (AvgIpc) is 2.68. The van der Waals surface area contributed by atoms with Crippen molar-refractivity contribution >= 4 is 10.8 Å². The van der Waals surface area contributed by atoms with Crippen molar-refractivity contribution < 1.29 is 0 Å². The van der Waals surface area contributed by atoms with Crippen LogP contribution in [-0.2, 0) is 5.41 Å². The summed E-state index contributed by atoms with van der Waals surface area (Å²) in [5.41, 5.74) is 5.65. The number of fused-ring (bicyclic) bond motifs is 5. The second-order valence-electron chi connectivity index (χ2n) is 5.81. The maximum absolute atomic E-state index is 3.22. The Morgan fingerprint density at radius 2 is 1.74 bits per heavy atom. The van der Waals surface area contributed by atoms with E-state index < -0.39 is 0 Å². The topological polar surface area (TPSA) is 0 Å². The van der Waals surface area contributed by atoms with Crippen molar-refractivity contribution in [2.45, 2.75) is 19.3 Å². The summed E-state index contributed by atoms with van der Waals surface area (Å²) in [5, 5.41) is 2.70.